The topological polar surface area (TPSA) is 92.4 Å². The molecule has 1 amide bonds. The smallest absolute Gasteiger partial charge is 0.305 e. The van der Waals surface area contributed by atoms with Gasteiger partial charge in [-0.1, -0.05) is 23.7 Å². The molecule has 0 aliphatic heterocycles. The summed E-state index contributed by atoms with van der Waals surface area (Å²) < 4.78 is 5.25. The molecule has 0 aliphatic rings. The fraction of sp³-hybridized carbons (Fsp3) is 0.267. The van der Waals surface area contributed by atoms with Crippen LogP contribution in [0, 0.1) is 13.8 Å². The first kappa shape index (κ1) is 16.0. The summed E-state index contributed by atoms with van der Waals surface area (Å²) in [7, 11) is 0. The lowest BCUT2D eigenvalue weighted by Gasteiger charge is -2.17. The van der Waals surface area contributed by atoms with E-state index in [1.54, 1.807) is 38.1 Å². The van der Waals surface area contributed by atoms with Crippen LogP contribution in [0.4, 0.5) is 0 Å². The minimum atomic E-state index is -1.02. The van der Waals surface area contributed by atoms with Crippen LogP contribution in [0.25, 0.3) is 0 Å². The molecule has 0 fully saturated rings. The largest absolute Gasteiger partial charge is 0.481 e. The molecule has 6 nitrogen and oxygen atoms in total. The number of hydrogen-bond donors (Lipinski definition) is 2. The van der Waals surface area contributed by atoms with Crippen molar-refractivity contribution >= 4 is 23.5 Å². The van der Waals surface area contributed by atoms with E-state index in [2.05, 4.69) is 10.3 Å². The SMILES string of the molecule is Cc1nc(C)c(C(=O)N[C@@H](CC(=O)O)c2ccc(Cl)cc2)o1. The van der Waals surface area contributed by atoms with Gasteiger partial charge < -0.3 is 14.8 Å². The number of aromatic nitrogens is 1. The van der Waals surface area contributed by atoms with Crippen LogP contribution in [0.2, 0.25) is 5.02 Å². The minimum Gasteiger partial charge on any atom is -0.481 e. The second-order valence-corrected chi connectivity index (χ2v) is 5.26. The molecule has 22 heavy (non-hydrogen) atoms. The molecular formula is C15H15ClN2O4. The normalized spacial score (nSPS) is 12.0. The van der Waals surface area contributed by atoms with Crippen molar-refractivity contribution in [3.8, 4) is 0 Å². The number of oxazole rings is 1. The summed E-state index contributed by atoms with van der Waals surface area (Å²) in [4.78, 5) is 27.3. The summed E-state index contributed by atoms with van der Waals surface area (Å²) in [6, 6.07) is 5.94. The molecule has 1 aromatic heterocycles. The van der Waals surface area contributed by atoms with Gasteiger partial charge in [-0.25, -0.2) is 4.98 Å². The lowest BCUT2D eigenvalue weighted by atomic mass is 10.0. The van der Waals surface area contributed by atoms with Gasteiger partial charge in [0.25, 0.3) is 5.91 Å². The number of amides is 1. The second-order valence-electron chi connectivity index (χ2n) is 4.82. The predicted molar refractivity (Wildman–Crippen MR) is 79.9 cm³/mol. The molecule has 0 radical (unpaired) electrons. The number of benzene rings is 1. The van der Waals surface area contributed by atoms with Gasteiger partial charge in [-0.15, -0.1) is 0 Å². The highest BCUT2D eigenvalue weighted by Crippen LogP contribution is 2.21. The number of aryl methyl sites for hydroxylation is 2. The standard InChI is InChI=1S/C15H15ClN2O4/c1-8-14(22-9(2)17-8)15(21)18-12(7-13(19)20)10-3-5-11(16)6-4-10/h3-6,12H,7H2,1-2H3,(H,18,21)(H,19,20)/t12-/m0/s1. The van der Waals surface area contributed by atoms with Gasteiger partial charge in [0.15, 0.2) is 5.89 Å². The Bertz CT molecular complexity index is 694. The van der Waals surface area contributed by atoms with Crippen molar-refractivity contribution in [2.45, 2.75) is 26.3 Å². The van der Waals surface area contributed by atoms with E-state index in [0.29, 0.717) is 22.2 Å². The lowest BCUT2D eigenvalue weighted by molar-refractivity contribution is -0.137. The fourth-order valence-electron chi connectivity index (χ4n) is 2.09. The van der Waals surface area contributed by atoms with Crippen LogP contribution in [0.1, 0.15) is 40.2 Å². The van der Waals surface area contributed by atoms with E-state index in [1.165, 1.54) is 0 Å². The minimum absolute atomic E-state index is 0.0850. The van der Waals surface area contributed by atoms with Crippen molar-refractivity contribution in [2.24, 2.45) is 0 Å². The van der Waals surface area contributed by atoms with Crippen molar-refractivity contribution < 1.29 is 19.1 Å². The van der Waals surface area contributed by atoms with Crippen molar-refractivity contribution in [1.29, 1.82) is 0 Å². The van der Waals surface area contributed by atoms with Gasteiger partial charge in [-0.3, -0.25) is 9.59 Å². The summed E-state index contributed by atoms with van der Waals surface area (Å²) in [5.41, 5.74) is 1.11. The Morgan fingerprint density at radius 2 is 1.95 bits per heavy atom. The van der Waals surface area contributed by atoms with Crippen LogP contribution in [-0.4, -0.2) is 22.0 Å². The molecule has 2 rings (SSSR count). The highest BCUT2D eigenvalue weighted by atomic mass is 35.5. The van der Waals surface area contributed by atoms with Crippen molar-refractivity contribution in [3.05, 3.63) is 52.2 Å². The zero-order chi connectivity index (χ0) is 16.3. The van der Waals surface area contributed by atoms with Gasteiger partial charge in [0.2, 0.25) is 5.76 Å². The number of halogens is 1. The predicted octanol–water partition coefficient (Wildman–Crippen LogP) is 2.89. The van der Waals surface area contributed by atoms with Gasteiger partial charge in [0.1, 0.15) is 0 Å². The monoisotopic (exact) mass is 322 g/mol. The van der Waals surface area contributed by atoms with E-state index in [1.807, 2.05) is 0 Å². The Balaban J connectivity index is 2.23. The number of hydrogen-bond acceptors (Lipinski definition) is 4. The number of carbonyl (C=O) groups is 2. The van der Waals surface area contributed by atoms with Gasteiger partial charge >= 0.3 is 5.97 Å². The summed E-state index contributed by atoms with van der Waals surface area (Å²) >= 11 is 5.82. The second kappa shape index (κ2) is 6.62. The molecule has 2 aromatic rings. The molecule has 2 N–H and O–H groups in total. The molecule has 1 heterocycles. The number of nitrogens with zero attached hydrogens (tertiary/aromatic N) is 1. The van der Waals surface area contributed by atoms with E-state index >= 15 is 0 Å². The molecule has 1 aromatic carbocycles. The number of carboxylic acids is 1. The van der Waals surface area contributed by atoms with Crippen LogP contribution in [0.15, 0.2) is 28.7 Å². The Hall–Kier alpha value is -2.34. The molecular weight excluding hydrogens is 308 g/mol. The van der Waals surface area contributed by atoms with Gasteiger partial charge in [-0.05, 0) is 24.6 Å². The Kier molecular flexibility index (Phi) is 4.82. The van der Waals surface area contributed by atoms with E-state index in [-0.39, 0.29) is 12.2 Å². The zero-order valence-electron chi connectivity index (χ0n) is 12.1. The lowest BCUT2D eigenvalue weighted by Crippen LogP contribution is -2.30. The number of nitrogens with one attached hydrogen (secondary N) is 1. The highest BCUT2D eigenvalue weighted by Gasteiger charge is 2.22. The van der Waals surface area contributed by atoms with Crippen molar-refractivity contribution in [1.82, 2.24) is 10.3 Å². The van der Waals surface area contributed by atoms with E-state index in [4.69, 9.17) is 21.1 Å². The van der Waals surface area contributed by atoms with E-state index in [0.717, 1.165) is 0 Å². The number of carboxylic acid groups (broad SMARTS) is 1. The van der Waals surface area contributed by atoms with Crippen LogP contribution in [0.5, 0.6) is 0 Å². The van der Waals surface area contributed by atoms with E-state index in [9.17, 15) is 9.59 Å². The quantitative estimate of drug-likeness (QED) is 0.883. The molecule has 116 valence electrons. The zero-order valence-corrected chi connectivity index (χ0v) is 12.8. The molecule has 0 unspecified atom stereocenters. The van der Waals surface area contributed by atoms with Crippen LogP contribution < -0.4 is 5.32 Å². The average Bonchev–Trinajstić information content (AvgIpc) is 2.77. The third-order valence-electron chi connectivity index (χ3n) is 3.07. The summed E-state index contributed by atoms with van der Waals surface area (Å²) in [6.07, 6.45) is -0.250. The maximum absolute atomic E-state index is 12.2. The van der Waals surface area contributed by atoms with E-state index < -0.39 is 17.9 Å². The molecule has 0 spiro atoms. The first-order valence-corrected chi connectivity index (χ1v) is 6.96. The van der Waals surface area contributed by atoms with Crippen molar-refractivity contribution in [3.63, 3.8) is 0 Å². The molecule has 0 saturated carbocycles. The summed E-state index contributed by atoms with van der Waals surface area (Å²) in [6.45, 7) is 3.29. The van der Waals surface area contributed by atoms with Crippen LogP contribution in [0.3, 0.4) is 0 Å². The molecule has 1 atom stereocenters. The summed E-state index contributed by atoms with van der Waals surface area (Å²) in [5.74, 6) is -1.06. The molecule has 0 aliphatic carbocycles. The number of rotatable bonds is 5. The molecule has 7 heteroatoms. The maximum Gasteiger partial charge on any atom is 0.305 e. The van der Waals surface area contributed by atoms with Gasteiger partial charge in [0, 0.05) is 11.9 Å². The Labute approximate surface area is 132 Å². The maximum atomic E-state index is 12.2. The highest BCUT2D eigenvalue weighted by molar-refractivity contribution is 6.30. The summed E-state index contributed by atoms with van der Waals surface area (Å²) in [5, 5.41) is 12.2. The number of carbonyl (C=O) groups excluding carboxylic acids is 1. The third kappa shape index (κ3) is 3.85. The first-order valence-electron chi connectivity index (χ1n) is 6.59. The molecule has 0 bridgehead atoms. The fourth-order valence-corrected chi connectivity index (χ4v) is 2.21. The van der Waals surface area contributed by atoms with Gasteiger partial charge in [0.05, 0.1) is 18.2 Å². The first-order chi connectivity index (χ1) is 10.4. The van der Waals surface area contributed by atoms with Crippen molar-refractivity contribution in [2.75, 3.05) is 0 Å². The Morgan fingerprint density at radius 3 is 2.45 bits per heavy atom. The average molecular weight is 323 g/mol. The molecule has 0 saturated heterocycles. The Morgan fingerprint density at radius 1 is 1.32 bits per heavy atom. The van der Waals surface area contributed by atoms with Crippen LogP contribution in [-0.2, 0) is 4.79 Å². The van der Waals surface area contributed by atoms with Crippen LogP contribution >= 0.6 is 11.6 Å². The number of aliphatic carboxylic acids is 1. The van der Waals surface area contributed by atoms with Gasteiger partial charge in [-0.2, -0.15) is 0 Å². The third-order valence-corrected chi connectivity index (χ3v) is 3.32.